The summed E-state index contributed by atoms with van der Waals surface area (Å²) in [6, 6.07) is 5.65. The average Bonchev–Trinajstić information content (AvgIpc) is 2.71. The van der Waals surface area contributed by atoms with E-state index in [4.69, 9.17) is 0 Å². The summed E-state index contributed by atoms with van der Waals surface area (Å²) in [5.74, 6) is -0.172. The van der Waals surface area contributed by atoms with Crippen molar-refractivity contribution >= 4 is 32.7 Å². The maximum atomic E-state index is 12.4. The molecule has 1 aliphatic rings. The summed E-state index contributed by atoms with van der Waals surface area (Å²) in [7, 11) is -0.495. The van der Waals surface area contributed by atoms with Crippen molar-refractivity contribution in [1.82, 2.24) is 19.6 Å². The first-order valence-corrected chi connectivity index (χ1v) is 11.4. The van der Waals surface area contributed by atoms with Crippen molar-refractivity contribution in [2.24, 2.45) is 5.92 Å². The highest BCUT2D eigenvalue weighted by Gasteiger charge is 2.28. The topological polar surface area (TPSA) is 119 Å². The lowest BCUT2D eigenvalue weighted by Gasteiger charge is -2.38. The molecule has 0 radical (unpaired) electrons. The number of nitrogens with one attached hydrogen (secondary N) is 1. The molecule has 1 N–H and O–H groups in total. The van der Waals surface area contributed by atoms with Crippen molar-refractivity contribution in [3.8, 4) is 6.07 Å². The molecule has 1 fully saturated rings. The van der Waals surface area contributed by atoms with E-state index >= 15 is 0 Å². The van der Waals surface area contributed by atoms with E-state index in [9.17, 15) is 18.5 Å². The number of amides is 1. The van der Waals surface area contributed by atoms with E-state index in [0.717, 1.165) is 23.0 Å². The van der Waals surface area contributed by atoms with Gasteiger partial charge in [-0.25, -0.2) is 12.7 Å². The van der Waals surface area contributed by atoms with Crippen LogP contribution in [0.3, 0.4) is 0 Å². The quantitative estimate of drug-likeness (QED) is 0.729. The predicted molar refractivity (Wildman–Crippen MR) is 114 cm³/mol. The van der Waals surface area contributed by atoms with Crippen molar-refractivity contribution < 1.29 is 13.2 Å². The van der Waals surface area contributed by atoms with Crippen LogP contribution in [0.1, 0.15) is 25.3 Å². The summed E-state index contributed by atoms with van der Waals surface area (Å²) in [5, 5.41) is 12.3. The Morgan fingerprint density at radius 2 is 1.97 bits per heavy atom. The van der Waals surface area contributed by atoms with Crippen LogP contribution in [-0.2, 0) is 14.8 Å². The fourth-order valence-electron chi connectivity index (χ4n) is 3.75. The van der Waals surface area contributed by atoms with E-state index in [2.05, 4.69) is 33.2 Å². The number of rotatable bonds is 6. The first-order chi connectivity index (χ1) is 14.2. The van der Waals surface area contributed by atoms with Gasteiger partial charge in [-0.15, -0.1) is 0 Å². The molecule has 0 aliphatic carbocycles. The zero-order chi connectivity index (χ0) is 21.9. The molecule has 0 unspecified atom stereocenters. The number of anilines is 1. The van der Waals surface area contributed by atoms with E-state index < -0.39 is 10.0 Å². The van der Waals surface area contributed by atoms with Gasteiger partial charge in [-0.2, -0.15) is 5.26 Å². The van der Waals surface area contributed by atoms with Crippen LogP contribution < -0.4 is 10.2 Å². The van der Waals surface area contributed by atoms with Crippen LogP contribution in [0.25, 0.3) is 11.0 Å². The molecule has 160 valence electrons. The Morgan fingerprint density at radius 3 is 2.63 bits per heavy atom. The minimum atomic E-state index is -3.41. The summed E-state index contributed by atoms with van der Waals surface area (Å²) in [6.45, 7) is 3.48. The number of aromatic nitrogens is 2. The average molecular weight is 431 g/mol. The molecular weight excluding hydrogens is 404 g/mol. The van der Waals surface area contributed by atoms with Crippen molar-refractivity contribution in [3.05, 3.63) is 30.1 Å². The standard InChI is InChI=1S/C20H26N6O3S/c1-14-10-16(24-18(27)6-9-30(28,29)25(2)3)13-26(12-14)17-5-4-15(11-21)19-20(17)23-8-7-22-19/h4-5,7-8,14,16H,6,9-10,12-13H2,1-3H3,(H,24,27)/t14-,16+/m0/s1. The molecule has 0 spiro atoms. The van der Waals surface area contributed by atoms with E-state index in [0.29, 0.717) is 29.1 Å². The third-order valence-corrected chi connectivity index (χ3v) is 7.07. The maximum Gasteiger partial charge on any atom is 0.221 e. The van der Waals surface area contributed by atoms with Gasteiger partial charge < -0.3 is 10.2 Å². The van der Waals surface area contributed by atoms with Crippen molar-refractivity contribution in [3.63, 3.8) is 0 Å². The summed E-state index contributed by atoms with van der Waals surface area (Å²) in [5.41, 5.74) is 2.56. The lowest BCUT2D eigenvalue weighted by atomic mass is 9.95. The molecule has 1 aromatic heterocycles. The van der Waals surface area contributed by atoms with Crippen LogP contribution in [0, 0.1) is 17.2 Å². The number of sulfonamides is 1. The smallest absolute Gasteiger partial charge is 0.221 e. The zero-order valence-electron chi connectivity index (χ0n) is 17.4. The molecule has 1 amide bonds. The normalized spacial score (nSPS) is 19.6. The molecule has 1 aromatic carbocycles. The second kappa shape index (κ2) is 8.93. The number of hydrogen-bond donors (Lipinski definition) is 1. The fourth-order valence-corrected chi connectivity index (χ4v) is 4.55. The molecule has 10 heteroatoms. The fraction of sp³-hybridized carbons (Fsp3) is 0.500. The molecular formula is C20H26N6O3S. The van der Waals surface area contributed by atoms with Crippen LogP contribution >= 0.6 is 0 Å². The minimum Gasteiger partial charge on any atom is -0.367 e. The van der Waals surface area contributed by atoms with Gasteiger partial charge in [0.1, 0.15) is 17.1 Å². The lowest BCUT2D eigenvalue weighted by molar-refractivity contribution is -0.121. The van der Waals surface area contributed by atoms with E-state index in [1.807, 2.05) is 6.07 Å². The van der Waals surface area contributed by atoms with E-state index in [-0.39, 0.29) is 24.1 Å². The van der Waals surface area contributed by atoms with Gasteiger partial charge in [-0.3, -0.25) is 14.8 Å². The highest BCUT2D eigenvalue weighted by Crippen LogP contribution is 2.30. The number of piperidine rings is 1. The third kappa shape index (κ3) is 4.86. The minimum absolute atomic E-state index is 0.0728. The Kier molecular flexibility index (Phi) is 6.53. The Labute approximate surface area is 176 Å². The molecule has 0 bridgehead atoms. The SMILES string of the molecule is C[C@H]1C[C@@H](NC(=O)CCS(=O)(=O)N(C)C)CN(c2ccc(C#N)c3nccnc23)C1. The van der Waals surface area contributed by atoms with Crippen LogP contribution in [0.15, 0.2) is 24.5 Å². The number of fused-ring (bicyclic) bond motifs is 1. The summed E-state index contributed by atoms with van der Waals surface area (Å²) in [4.78, 5) is 23.3. The summed E-state index contributed by atoms with van der Waals surface area (Å²) < 4.78 is 24.9. The third-order valence-electron chi connectivity index (χ3n) is 5.23. The zero-order valence-corrected chi connectivity index (χ0v) is 18.2. The van der Waals surface area contributed by atoms with Crippen molar-refractivity contribution in [1.29, 1.82) is 5.26 Å². The second-order valence-electron chi connectivity index (χ2n) is 7.86. The van der Waals surface area contributed by atoms with Crippen LogP contribution in [0.5, 0.6) is 0 Å². The van der Waals surface area contributed by atoms with E-state index in [1.54, 1.807) is 18.5 Å². The molecule has 2 heterocycles. The molecule has 2 atom stereocenters. The second-order valence-corrected chi connectivity index (χ2v) is 10.2. The highest BCUT2D eigenvalue weighted by molar-refractivity contribution is 7.89. The first-order valence-electron chi connectivity index (χ1n) is 9.79. The first kappa shape index (κ1) is 21.9. The number of benzene rings is 1. The number of nitrogens with zero attached hydrogens (tertiary/aromatic N) is 5. The van der Waals surface area contributed by atoms with Crippen molar-refractivity contribution in [2.45, 2.75) is 25.8 Å². The lowest BCUT2D eigenvalue weighted by Crippen LogP contribution is -2.50. The van der Waals surface area contributed by atoms with Gasteiger partial charge in [0, 0.05) is 52.0 Å². The van der Waals surface area contributed by atoms with Gasteiger partial charge in [0.25, 0.3) is 0 Å². The van der Waals surface area contributed by atoms with Gasteiger partial charge in [-0.1, -0.05) is 6.92 Å². The number of nitriles is 1. The summed E-state index contributed by atoms with van der Waals surface area (Å²) in [6.07, 6.45) is 3.90. The van der Waals surface area contributed by atoms with Crippen LogP contribution in [0.4, 0.5) is 5.69 Å². The Hall–Kier alpha value is -2.77. The van der Waals surface area contributed by atoms with Gasteiger partial charge in [0.2, 0.25) is 15.9 Å². The molecule has 1 saturated heterocycles. The number of hydrogen-bond acceptors (Lipinski definition) is 7. The van der Waals surface area contributed by atoms with Gasteiger partial charge in [0.05, 0.1) is 17.0 Å². The molecule has 0 saturated carbocycles. The monoisotopic (exact) mass is 430 g/mol. The summed E-state index contributed by atoms with van der Waals surface area (Å²) >= 11 is 0. The molecule has 30 heavy (non-hydrogen) atoms. The maximum absolute atomic E-state index is 12.4. The Balaban J connectivity index is 1.74. The highest BCUT2D eigenvalue weighted by atomic mass is 32.2. The van der Waals surface area contributed by atoms with Gasteiger partial charge in [-0.05, 0) is 24.5 Å². The van der Waals surface area contributed by atoms with Gasteiger partial charge in [0.15, 0.2) is 0 Å². The van der Waals surface area contributed by atoms with Crippen LogP contribution in [0.2, 0.25) is 0 Å². The van der Waals surface area contributed by atoms with Gasteiger partial charge >= 0.3 is 0 Å². The van der Waals surface area contributed by atoms with Crippen molar-refractivity contribution in [2.75, 3.05) is 37.8 Å². The van der Waals surface area contributed by atoms with Crippen LogP contribution in [-0.4, -0.2) is 67.6 Å². The van der Waals surface area contributed by atoms with E-state index in [1.165, 1.54) is 14.1 Å². The largest absolute Gasteiger partial charge is 0.367 e. The number of carbonyl (C=O) groups is 1. The molecule has 9 nitrogen and oxygen atoms in total. The molecule has 3 rings (SSSR count). The number of carbonyl (C=O) groups excluding carboxylic acids is 1. The molecule has 1 aliphatic heterocycles. The Bertz CT molecular complexity index is 1080. The predicted octanol–water partition coefficient (Wildman–Crippen LogP) is 1.11. The molecule has 2 aromatic rings. The Morgan fingerprint density at radius 1 is 1.27 bits per heavy atom.